The summed E-state index contributed by atoms with van der Waals surface area (Å²) in [5, 5.41) is 11.1. The molecule has 1 atom stereocenters. The van der Waals surface area contributed by atoms with Crippen LogP contribution in [0.5, 0.6) is 0 Å². The average molecular weight is 313 g/mol. The molecule has 1 aromatic rings. The van der Waals surface area contributed by atoms with E-state index in [9.17, 15) is 14.9 Å². The molecular formula is C15H21ClN2O3. The zero-order valence-corrected chi connectivity index (χ0v) is 13.4. The third-order valence-electron chi connectivity index (χ3n) is 3.53. The van der Waals surface area contributed by atoms with Gasteiger partial charge in [-0.15, -0.1) is 0 Å². The Morgan fingerprint density at radius 1 is 1.43 bits per heavy atom. The molecule has 116 valence electrons. The van der Waals surface area contributed by atoms with Gasteiger partial charge in [0.05, 0.1) is 15.5 Å². The van der Waals surface area contributed by atoms with Gasteiger partial charge in [0.15, 0.2) is 0 Å². The van der Waals surface area contributed by atoms with Gasteiger partial charge in [-0.05, 0) is 25.8 Å². The lowest BCUT2D eigenvalue weighted by Gasteiger charge is -2.29. The van der Waals surface area contributed by atoms with E-state index in [1.165, 1.54) is 18.2 Å². The number of carbonyl (C=O) groups excluding carboxylic acids is 1. The molecule has 21 heavy (non-hydrogen) atoms. The molecule has 1 unspecified atom stereocenters. The van der Waals surface area contributed by atoms with Crippen molar-refractivity contribution in [3.63, 3.8) is 0 Å². The van der Waals surface area contributed by atoms with E-state index in [0.29, 0.717) is 6.54 Å². The Morgan fingerprint density at radius 3 is 2.62 bits per heavy atom. The average Bonchev–Trinajstić information content (AvgIpc) is 2.47. The number of hydrogen-bond acceptors (Lipinski definition) is 3. The maximum Gasteiger partial charge on any atom is 0.270 e. The number of non-ortho nitro benzene ring substituents is 1. The second-order valence-corrected chi connectivity index (χ2v) is 5.44. The number of nitrogens with zero attached hydrogens (tertiary/aromatic N) is 2. The Bertz CT molecular complexity index is 520. The van der Waals surface area contributed by atoms with Crippen molar-refractivity contribution in [2.24, 2.45) is 0 Å². The van der Waals surface area contributed by atoms with E-state index in [2.05, 4.69) is 6.92 Å². The molecule has 5 nitrogen and oxygen atoms in total. The van der Waals surface area contributed by atoms with Gasteiger partial charge in [-0.2, -0.15) is 0 Å². The molecule has 6 heteroatoms. The molecule has 0 radical (unpaired) electrons. The maximum atomic E-state index is 12.7. The van der Waals surface area contributed by atoms with Crippen LogP contribution in [0.3, 0.4) is 0 Å². The molecule has 0 N–H and O–H groups in total. The van der Waals surface area contributed by atoms with Crippen molar-refractivity contribution >= 4 is 23.2 Å². The summed E-state index contributed by atoms with van der Waals surface area (Å²) in [6, 6.07) is 4.03. The van der Waals surface area contributed by atoms with E-state index in [-0.39, 0.29) is 28.2 Å². The molecule has 0 aliphatic rings. The van der Waals surface area contributed by atoms with Crippen LogP contribution in [0.1, 0.15) is 50.4 Å². The van der Waals surface area contributed by atoms with Crippen LogP contribution in [0, 0.1) is 10.1 Å². The molecule has 0 saturated carbocycles. The highest BCUT2D eigenvalue weighted by Crippen LogP contribution is 2.24. The van der Waals surface area contributed by atoms with Gasteiger partial charge in [-0.25, -0.2) is 0 Å². The number of nitro benzene ring substituents is 1. The fourth-order valence-electron chi connectivity index (χ4n) is 2.02. The Kier molecular flexibility index (Phi) is 6.62. The molecule has 0 aliphatic heterocycles. The molecule has 0 saturated heterocycles. The van der Waals surface area contributed by atoms with Crippen LogP contribution in [0.15, 0.2) is 18.2 Å². The van der Waals surface area contributed by atoms with Crippen molar-refractivity contribution in [1.82, 2.24) is 4.90 Å². The molecule has 0 aromatic heterocycles. The minimum Gasteiger partial charge on any atom is -0.336 e. The Labute approximate surface area is 130 Å². The minimum absolute atomic E-state index is 0.0689. The Hall–Kier alpha value is -1.62. The molecule has 1 aromatic carbocycles. The first-order valence-corrected chi connectivity index (χ1v) is 7.55. The second kappa shape index (κ2) is 7.98. The maximum absolute atomic E-state index is 12.7. The molecule has 1 rings (SSSR count). The van der Waals surface area contributed by atoms with Crippen molar-refractivity contribution in [3.8, 4) is 0 Å². The number of benzene rings is 1. The molecular weight excluding hydrogens is 292 g/mol. The van der Waals surface area contributed by atoms with Crippen LogP contribution < -0.4 is 0 Å². The molecule has 0 bridgehead atoms. The third kappa shape index (κ3) is 4.43. The highest BCUT2D eigenvalue weighted by molar-refractivity contribution is 6.33. The number of unbranched alkanes of at least 4 members (excludes halogenated alkanes) is 1. The monoisotopic (exact) mass is 312 g/mol. The van der Waals surface area contributed by atoms with Crippen LogP contribution in [0.25, 0.3) is 0 Å². The zero-order chi connectivity index (χ0) is 16.0. The van der Waals surface area contributed by atoms with E-state index in [1.807, 2.05) is 13.8 Å². The molecule has 0 spiro atoms. The molecule has 0 fully saturated rings. The molecule has 1 amide bonds. The van der Waals surface area contributed by atoms with Crippen LogP contribution in [0.4, 0.5) is 5.69 Å². The summed E-state index contributed by atoms with van der Waals surface area (Å²) >= 11 is 6.05. The zero-order valence-electron chi connectivity index (χ0n) is 12.6. The smallest absolute Gasteiger partial charge is 0.270 e. The van der Waals surface area contributed by atoms with Crippen LogP contribution in [-0.2, 0) is 0 Å². The van der Waals surface area contributed by atoms with Crippen molar-refractivity contribution in [2.45, 2.75) is 46.1 Å². The van der Waals surface area contributed by atoms with Crippen LogP contribution in [-0.4, -0.2) is 28.3 Å². The fraction of sp³-hybridized carbons (Fsp3) is 0.533. The van der Waals surface area contributed by atoms with Gasteiger partial charge in [-0.3, -0.25) is 14.9 Å². The van der Waals surface area contributed by atoms with Crippen molar-refractivity contribution in [1.29, 1.82) is 0 Å². The fourth-order valence-corrected chi connectivity index (χ4v) is 2.21. The summed E-state index contributed by atoms with van der Waals surface area (Å²) in [7, 11) is 0. The predicted octanol–water partition coefficient (Wildman–Crippen LogP) is 4.29. The number of rotatable bonds is 7. The van der Waals surface area contributed by atoms with Crippen molar-refractivity contribution in [3.05, 3.63) is 38.9 Å². The first-order valence-electron chi connectivity index (χ1n) is 7.17. The van der Waals surface area contributed by atoms with Gasteiger partial charge in [-0.1, -0.05) is 31.9 Å². The summed E-state index contributed by atoms with van der Waals surface area (Å²) < 4.78 is 0. The molecule has 0 aliphatic carbocycles. The second-order valence-electron chi connectivity index (χ2n) is 5.03. The Balaban J connectivity index is 3.12. The summed E-state index contributed by atoms with van der Waals surface area (Å²) in [4.78, 5) is 24.7. The lowest BCUT2D eigenvalue weighted by Crippen LogP contribution is -2.39. The van der Waals surface area contributed by atoms with Gasteiger partial charge in [0.1, 0.15) is 0 Å². The normalized spacial score (nSPS) is 12.0. The standard InChI is InChI=1S/C15H21ClN2O3/c1-4-6-9-17(11(3)5-2)15(19)13-10-12(18(20)21)7-8-14(13)16/h7-8,10-11H,4-6,9H2,1-3H3. The SMILES string of the molecule is CCCCN(C(=O)c1cc([N+](=O)[O-])ccc1Cl)C(C)CC. The number of nitro groups is 1. The van der Waals surface area contributed by atoms with Gasteiger partial charge in [0.25, 0.3) is 11.6 Å². The lowest BCUT2D eigenvalue weighted by molar-refractivity contribution is -0.384. The summed E-state index contributed by atoms with van der Waals surface area (Å²) in [5.41, 5.74) is 0.0737. The lowest BCUT2D eigenvalue weighted by atomic mass is 10.1. The quantitative estimate of drug-likeness (QED) is 0.557. The highest BCUT2D eigenvalue weighted by atomic mass is 35.5. The van der Waals surface area contributed by atoms with E-state index < -0.39 is 4.92 Å². The largest absolute Gasteiger partial charge is 0.336 e. The van der Waals surface area contributed by atoms with Crippen LogP contribution >= 0.6 is 11.6 Å². The number of carbonyl (C=O) groups is 1. The summed E-state index contributed by atoms with van der Waals surface area (Å²) in [6.45, 7) is 6.66. The summed E-state index contributed by atoms with van der Waals surface area (Å²) in [5.74, 6) is -0.244. The number of amides is 1. The minimum atomic E-state index is -0.521. The first-order chi connectivity index (χ1) is 9.92. The Morgan fingerprint density at radius 2 is 2.10 bits per heavy atom. The number of halogens is 1. The van der Waals surface area contributed by atoms with Gasteiger partial charge in [0, 0.05) is 24.7 Å². The van der Waals surface area contributed by atoms with E-state index in [0.717, 1.165) is 19.3 Å². The van der Waals surface area contributed by atoms with Gasteiger partial charge in [0.2, 0.25) is 0 Å². The van der Waals surface area contributed by atoms with E-state index >= 15 is 0 Å². The van der Waals surface area contributed by atoms with Gasteiger partial charge < -0.3 is 4.90 Å². The first kappa shape index (κ1) is 17.4. The third-order valence-corrected chi connectivity index (χ3v) is 3.86. The topological polar surface area (TPSA) is 63.5 Å². The molecule has 0 heterocycles. The van der Waals surface area contributed by atoms with Crippen molar-refractivity contribution in [2.75, 3.05) is 6.54 Å². The highest BCUT2D eigenvalue weighted by Gasteiger charge is 2.23. The summed E-state index contributed by atoms with van der Waals surface area (Å²) in [6.07, 6.45) is 2.69. The van der Waals surface area contributed by atoms with E-state index in [4.69, 9.17) is 11.6 Å². The van der Waals surface area contributed by atoms with Crippen molar-refractivity contribution < 1.29 is 9.72 Å². The van der Waals surface area contributed by atoms with Crippen LogP contribution in [0.2, 0.25) is 5.02 Å². The van der Waals surface area contributed by atoms with E-state index in [1.54, 1.807) is 4.90 Å². The van der Waals surface area contributed by atoms with Gasteiger partial charge >= 0.3 is 0 Å². The number of hydrogen-bond donors (Lipinski definition) is 0. The predicted molar refractivity (Wildman–Crippen MR) is 83.8 cm³/mol.